The summed E-state index contributed by atoms with van der Waals surface area (Å²) in [6.07, 6.45) is 2.78. The van der Waals surface area contributed by atoms with Crippen LogP contribution in [0.2, 0.25) is 0 Å². The average Bonchev–Trinajstić information content (AvgIpc) is 2.75. The lowest BCUT2D eigenvalue weighted by Crippen LogP contribution is -2.41. The van der Waals surface area contributed by atoms with Crippen LogP contribution >= 0.6 is 0 Å². The predicted molar refractivity (Wildman–Crippen MR) is 109 cm³/mol. The zero-order chi connectivity index (χ0) is 19.8. The highest BCUT2D eigenvalue weighted by Crippen LogP contribution is 2.18. The van der Waals surface area contributed by atoms with Gasteiger partial charge in [-0.05, 0) is 62.2 Å². The molecule has 6 heteroatoms. The van der Waals surface area contributed by atoms with Crippen LogP contribution in [-0.2, 0) is 4.74 Å². The Morgan fingerprint density at radius 3 is 2.32 bits per heavy atom. The highest BCUT2D eigenvalue weighted by Gasteiger charge is 2.24. The van der Waals surface area contributed by atoms with Gasteiger partial charge in [-0.15, -0.1) is 0 Å². The molecule has 1 heterocycles. The van der Waals surface area contributed by atoms with E-state index in [4.69, 9.17) is 10.5 Å². The lowest BCUT2D eigenvalue weighted by Gasteiger charge is -2.32. The summed E-state index contributed by atoms with van der Waals surface area (Å²) in [6.45, 7) is 2.71. The van der Waals surface area contributed by atoms with Crippen molar-refractivity contribution in [3.8, 4) is 0 Å². The SMILES string of the molecule is NCCCOC1CCN(C(=O)c2ccc(NC(=O)c3ccccc3)cc2)CC1. The number of carbonyl (C=O) groups is 2. The Morgan fingerprint density at radius 2 is 1.68 bits per heavy atom. The minimum atomic E-state index is -0.170. The topological polar surface area (TPSA) is 84.7 Å². The van der Waals surface area contributed by atoms with E-state index in [2.05, 4.69) is 5.32 Å². The number of hydrogen-bond acceptors (Lipinski definition) is 4. The van der Waals surface area contributed by atoms with Crippen molar-refractivity contribution >= 4 is 17.5 Å². The van der Waals surface area contributed by atoms with Gasteiger partial charge >= 0.3 is 0 Å². The molecule has 2 aromatic rings. The Morgan fingerprint density at radius 1 is 1.00 bits per heavy atom. The first kappa shape index (κ1) is 20.0. The van der Waals surface area contributed by atoms with Crippen molar-refractivity contribution in [3.63, 3.8) is 0 Å². The van der Waals surface area contributed by atoms with Crippen molar-refractivity contribution in [2.45, 2.75) is 25.4 Å². The fourth-order valence-corrected chi connectivity index (χ4v) is 3.23. The zero-order valence-electron chi connectivity index (χ0n) is 16.0. The Hall–Kier alpha value is -2.70. The van der Waals surface area contributed by atoms with Crippen molar-refractivity contribution < 1.29 is 14.3 Å². The maximum absolute atomic E-state index is 12.7. The van der Waals surface area contributed by atoms with Crippen molar-refractivity contribution in [3.05, 3.63) is 65.7 Å². The third kappa shape index (κ3) is 5.41. The van der Waals surface area contributed by atoms with Crippen LogP contribution in [-0.4, -0.2) is 49.1 Å². The molecule has 148 valence electrons. The highest BCUT2D eigenvalue weighted by molar-refractivity contribution is 6.04. The Kier molecular flexibility index (Phi) is 7.17. The molecule has 0 aromatic heterocycles. The van der Waals surface area contributed by atoms with Crippen LogP contribution in [0.25, 0.3) is 0 Å². The van der Waals surface area contributed by atoms with E-state index in [0.717, 1.165) is 19.3 Å². The lowest BCUT2D eigenvalue weighted by atomic mass is 10.1. The number of anilines is 1. The summed E-state index contributed by atoms with van der Waals surface area (Å²) in [4.78, 5) is 26.8. The maximum atomic E-state index is 12.7. The number of hydrogen-bond donors (Lipinski definition) is 2. The second kappa shape index (κ2) is 10.0. The molecule has 0 saturated carbocycles. The van der Waals surface area contributed by atoms with Gasteiger partial charge in [0.05, 0.1) is 6.10 Å². The van der Waals surface area contributed by atoms with Gasteiger partial charge in [-0.3, -0.25) is 9.59 Å². The fraction of sp³-hybridized carbons (Fsp3) is 0.364. The molecular weight excluding hydrogens is 354 g/mol. The van der Waals surface area contributed by atoms with Crippen LogP contribution in [0, 0.1) is 0 Å². The molecule has 28 heavy (non-hydrogen) atoms. The molecule has 2 amide bonds. The quantitative estimate of drug-likeness (QED) is 0.722. The normalized spacial score (nSPS) is 14.7. The number of nitrogens with two attached hydrogens (primary N) is 1. The number of ether oxygens (including phenoxy) is 1. The van der Waals surface area contributed by atoms with Crippen LogP contribution < -0.4 is 11.1 Å². The minimum Gasteiger partial charge on any atom is -0.378 e. The fourth-order valence-electron chi connectivity index (χ4n) is 3.23. The summed E-state index contributed by atoms with van der Waals surface area (Å²) in [5.74, 6) is -0.155. The molecule has 3 N–H and O–H groups in total. The molecule has 2 aromatic carbocycles. The van der Waals surface area contributed by atoms with Crippen molar-refractivity contribution in [2.24, 2.45) is 5.73 Å². The molecule has 0 aliphatic carbocycles. The van der Waals surface area contributed by atoms with Crippen molar-refractivity contribution in [1.82, 2.24) is 4.90 Å². The van der Waals surface area contributed by atoms with Crippen LogP contribution in [0.4, 0.5) is 5.69 Å². The van der Waals surface area contributed by atoms with Gasteiger partial charge in [-0.1, -0.05) is 18.2 Å². The molecule has 0 spiro atoms. The summed E-state index contributed by atoms with van der Waals surface area (Å²) in [7, 11) is 0. The van der Waals surface area contributed by atoms with Crippen molar-refractivity contribution in [2.75, 3.05) is 31.6 Å². The molecule has 6 nitrogen and oxygen atoms in total. The largest absolute Gasteiger partial charge is 0.378 e. The number of rotatable bonds is 7. The first-order valence-electron chi connectivity index (χ1n) is 9.75. The van der Waals surface area contributed by atoms with Gasteiger partial charge in [-0.25, -0.2) is 0 Å². The van der Waals surface area contributed by atoms with E-state index in [9.17, 15) is 9.59 Å². The van der Waals surface area contributed by atoms with Gasteiger partial charge in [0, 0.05) is 36.5 Å². The molecule has 1 fully saturated rings. The van der Waals surface area contributed by atoms with E-state index in [-0.39, 0.29) is 17.9 Å². The van der Waals surface area contributed by atoms with Crippen LogP contribution in [0.1, 0.15) is 40.0 Å². The maximum Gasteiger partial charge on any atom is 0.255 e. The Bertz CT molecular complexity index is 769. The average molecular weight is 381 g/mol. The van der Waals surface area contributed by atoms with E-state index in [1.54, 1.807) is 36.4 Å². The molecule has 0 bridgehead atoms. The Balaban J connectivity index is 1.51. The van der Waals surface area contributed by atoms with Gasteiger partial charge in [0.15, 0.2) is 0 Å². The number of benzene rings is 2. The monoisotopic (exact) mass is 381 g/mol. The predicted octanol–water partition coefficient (Wildman–Crippen LogP) is 2.91. The summed E-state index contributed by atoms with van der Waals surface area (Å²) < 4.78 is 5.79. The minimum absolute atomic E-state index is 0.0151. The Labute approximate surface area is 165 Å². The number of piperidine rings is 1. The molecular formula is C22H27N3O3. The van der Waals surface area contributed by atoms with E-state index in [1.807, 2.05) is 23.1 Å². The van der Waals surface area contributed by atoms with Gasteiger partial charge in [-0.2, -0.15) is 0 Å². The molecule has 3 rings (SSSR count). The number of nitrogens with one attached hydrogen (secondary N) is 1. The molecule has 0 radical (unpaired) electrons. The van der Waals surface area contributed by atoms with E-state index >= 15 is 0 Å². The third-order valence-corrected chi connectivity index (χ3v) is 4.86. The summed E-state index contributed by atoms with van der Waals surface area (Å²) in [5, 5.41) is 2.84. The molecule has 1 aliphatic rings. The van der Waals surface area contributed by atoms with Crippen molar-refractivity contribution in [1.29, 1.82) is 0 Å². The number of nitrogens with zero attached hydrogens (tertiary/aromatic N) is 1. The number of likely N-dealkylation sites (tertiary alicyclic amines) is 1. The van der Waals surface area contributed by atoms with E-state index in [1.165, 1.54) is 0 Å². The first-order valence-corrected chi connectivity index (χ1v) is 9.75. The first-order chi connectivity index (χ1) is 13.7. The second-order valence-corrected chi connectivity index (χ2v) is 6.90. The molecule has 0 unspecified atom stereocenters. The highest BCUT2D eigenvalue weighted by atomic mass is 16.5. The van der Waals surface area contributed by atoms with Gasteiger partial charge in [0.25, 0.3) is 11.8 Å². The summed E-state index contributed by atoms with van der Waals surface area (Å²) >= 11 is 0. The standard InChI is InChI=1S/C22H27N3O3/c23-13-4-16-28-20-11-14-25(15-12-20)22(27)18-7-9-19(10-8-18)24-21(26)17-5-2-1-3-6-17/h1-3,5-10,20H,4,11-16,23H2,(H,24,26). The molecule has 1 saturated heterocycles. The molecule has 1 aliphatic heterocycles. The van der Waals surface area contributed by atoms with Gasteiger partial charge in [0.2, 0.25) is 0 Å². The number of amides is 2. The zero-order valence-corrected chi connectivity index (χ0v) is 16.0. The van der Waals surface area contributed by atoms with E-state index in [0.29, 0.717) is 43.1 Å². The number of carbonyl (C=O) groups excluding carboxylic acids is 2. The van der Waals surface area contributed by atoms with Crippen LogP contribution in [0.3, 0.4) is 0 Å². The lowest BCUT2D eigenvalue weighted by molar-refractivity contribution is 0.00844. The van der Waals surface area contributed by atoms with Crippen LogP contribution in [0.15, 0.2) is 54.6 Å². The van der Waals surface area contributed by atoms with Gasteiger partial charge < -0.3 is 20.7 Å². The van der Waals surface area contributed by atoms with Crippen LogP contribution in [0.5, 0.6) is 0 Å². The molecule has 0 atom stereocenters. The summed E-state index contributed by atoms with van der Waals surface area (Å²) in [6, 6.07) is 16.1. The van der Waals surface area contributed by atoms with E-state index < -0.39 is 0 Å². The van der Waals surface area contributed by atoms with Gasteiger partial charge in [0.1, 0.15) is 0 Å². The summed E-state index contributed by atoms with van der Waals surface area (Å²) in [5.41, 5.74) is 7.37. The second-order valence-electron chi connectivity index (χ2n) is 6.90. The third-order valence-electron chi connectivity index (χ3n) is 4.86. The smallest absolute Gasteiger partial charge is 0.255 e.